The molecule has 1 atom stereocenters. The molecule has 1 saturated heterocycles. The van der Waals surface area contributed by atoms with Crippen molar-refractivity contribution in [2.45, 2.75) is 51.2 Å². The van der Waals surface area contributed by atoms with Crippen LogP contribution in [-0.4, -0.2) is 24.9 Å². The lowest BCUT2D eigenvalue weighted by molar-refractivity contribution is 0.107. The predicted octanol–water partition coefficient (Wildman–Crippen LogP) is 3.38. The zero-order valence-corrected chi connectivity index (χ0v) is 11.9. The van der Waals surface area contributed by atoms with E-state index in [2.05, 4.69) is 37.4 Å². The molecule has 2 aliphatic rings. The number of hydrogen-bond donors (Lipinski definition) is 1. The third kappa shape index (κ3) is 2.86. The molecule has 104 valence electrons. The molecule has 3 nitrogen and oxygen atoms in total. The van der Waals surface area contributed by atoms with Crippen molar-refractivity contribution in [3.63, 3.8) is 0 Å². The van der Waals surface area contributed by atoms with E-state index >= 15 is 0 Å². The first-order valence-corrected chi connectivity index (χ1v) is 7.30. The monoisotopic (exact) mass is 261 g/mol. The van der Waals surface area contributed by atoms with Crippen LogP contribution in [0, 0.1) is 0 Å². The number of anilines is 1. The number of fused-ring (bicyclic) bond motifs is 1. The van der Waals surface area contributed by atoms with E-state index in [0.717, 1.165) is 37.4 Å². The molecule has 0 saturated carbocycles. The number of rotatable bonds is 4. The number of nitrogens with one attached hydrogen (secondary N) is 1. The van der Waals surface area contributed by atoms with E-state index in [1.54, 1.807) is 0 Å². The highest BCUT2D eigenvalue weighted by atomic mass is 16.5. The van der Waals surface area contributed by atoms with Crippen LogP contribution in [0.4, 0.5) is 5.69 Å². The summed E-state index contributed by atoms with van der Waals surface area (Å²) < 4.78 is 11.7. The lowest BCUT2D eigenvalue weighted by atomic mass is 10.0. The van der Waals surface area contributed by atoms with E-state index < -0.39 is 0 Å². The van der Waals surface area contributed by atoms with Crippen molar-refractivity contribution in [2.24, 2.45) is 0 Å². The normalized spacial score (nSPS) is 24.0. The second-order valence-corrected chi connectivity index (χ2v) is 6.18. The second-order valence-electron chi connectivity index (χ2n) is 6.18. The Hall–Kier alpha value is -1.22. The Kier molecular flexibility index (Phi) is 3.40. The van der Waals surface area contributed by atoms with Gasteiger partial charge in [0.2, 0.25) is 0 Å². The lowest BCUT2D eigenvalue weighted by Crippen LogP contribution is -2.25. The molecule has 2 aliphatic heterocycles. The van der Waals surface area contributed by atoms with Crippen LogP contribution >= 0.6 is 0 Å². The fraction of sp³-hybridized carbons (Fsp3) is 0.625. The van der Waals surface area contributed by atoms with Crippen LogP contribution in [0.3, 0.4) is 0 Å². The summed E-state index contributed by atoms with van der Waals surface area (Å²) in [5, 5.41) is 3.50. The van der Waals surface area contributed by atoms with Gasteiger partial charge in [-0.1, -0.05) is 12.1 Å². The van der Waals surface area contributed by atoms with E-state index in [0.29, 0.717) is 6.10 Å². The van der Waals surface area contributed by atoms with Gasteiger partial charge in [0.05, 0.1) is 11.8 Å². The first kappa shape index (κ1) is 12.8. The van der Waals surface area contributed by atoms with Crippen LogP contribution in [0.5, 0.6) is 5.75 Å². The maximum Gasteiger partial charge on any atom is 0.146 e. The average molecular weight is 261 g/mol. The Bertz CT molecular complexity index is 450. The molecular weight excluding hydrogens is 238 g/mol. The quantitative estimate of drug-likeness (QED) is 0.901. The highest BCUT2D eigenvalue weighted by Crippen LogP contribution is 2.40. The summed E-state index contributed by atoms with van der Waals surface area (Å²) in [5.41, 5.74) is 2.36. The largest absolute Gasteiger partial charge is 0.485 e. The summed E-state index contributed by atoms with van der Waals surface area (Å²) in [4.78, 5) is 0. The number of ether oxygens (including phenoxy) is 2. The van der Waals surface area contributed by atoms with Crippen LogP contribution in [0.2, 0.25) is 0 Å². The van der Waals surface area contributed by atoms with Crippen molar-refractivity contribution in [3.05, 3.63) is 23.8 Å². The van der Waals surface area contributed by atoms with Gasteiger partial charge in [-0.15, -0.1) is 0 Å². The lowest BCUT2D eigenvalue weighted by Gasteiger charge is -2.19. The van der Waals surface area contributed by atoms with Gasteiger partial charge in [-0.3, -0.25) is 0 Å². The van der Waals surface area contributed by atoms with Gasteiger partial charge >= 0.3 is 0 Å². The van der Waals surface area contributed by atoms with Gasteiger partial charge in [0.25, 0.3) is 0 Å². The van der Waals surface area contributed by atoms with E-state index in [1.807, 2.05) is 0 Å². The molecule has 1 fully saturated rings. The Morgan fingerprint density at radius 1 is 1.37 bits per heavy atom. The highest BCUT2D eigenvalue weighted by Gasteiger charge is 2.31. The molecule has 0 amide bonds. The van der Waals surface area contributed by atoms with Crippen molar-refractivity contribution in [1.82, 2.24) is 0 Å². The third-order valence-electron chi connectivity index (χ3n) is 3.90. The average Bonchev–Trinajstić information content (AvgIpc) is 2.95. The zero-order chi connectivity index (χ0) is 13.3. The first-order chi connectivity index (χ1) is 9.14. The molecule has 1 aromatic carbocycles. The fourth-order valence-electron chi connectivity index (χ4n) is 2.99. The van der Waals surface area contributed by atoms with Gasteiger partial charge in [0.1, 0.15) is 11.4 Å². The molecule has 3 heteroatoms. The minimum atomic E-state index is -0.0747. The summed E-state index contributed by atoms with van der Waals surface area (Å²) in [6.45, 7) is 6.17. The van der Waals surface area contributed by atoms with Crippen molar-refractivity contribution in [3.8, 4) is 5.75 Å². The van der Waals surface area contributed by atoms with Crippen molar-refractivity contribution in [2.75, 3.05) is 18.5 Å². The molecule has 1 aromatic rings. The van der Waals surface area contributed by atoms with Crippen LogP contribution < -0.4 is 10.1 Å². The van der Waals surface area contributed by atoms with E-state index in [4.69, 9.17) is 9.47 Å². The van der Waals surface area contributed by atoms with E-state index in [1.165, 1.54) is 18.4 Å². The van der Waals surface area contributed by atoms with E-state index in [-0.39, 0.29) is 5.60 Å². The van der Waals surface area contributed by atoms with Crippen molar-refractivity contribution >= 4 is 5.69 Å². The number of benzene rings is 1. The maximum absolute atomic E-state index is 6.05. The molecule has 0 unspecified atom stereocenters. The summed E-state index contributed by atoms with van der Waals surface area (Å²) in [5.74, 6) is 1.04. The van der Waals surface area contributed by atoms with Gasteiger partial charge in [-0.2, -0.15) is 0 Å². The van der Waals surface area contributed by atoms with Crippen LogP contribution in [-0.2, 0) is 11.2 Å². The molecule has 0 aliphatic carbocycles. The molecule has 19 heavy (non-hydrogen) atoms. The van der Waals surface area contributed by atoms with Crippen LogP contribution in [0.1, 0.15) is 38.7 Å². The summed E-state index contributed by atoms with van der Waals surface area (Å²) in [6.07, 6.45) is 4.93. The van der Waals surface area contributed by atoms with Gasteiger partial charge in [0.15, 0.2) is 0 Å². The van der Waals surface area contributed by atoms with Gasteiger partial charge in [-0.25, -0.2) is 0 Å². The number of hydrogen-bond acceptors (Lipinski definition) is 3. The predicted molar refractivity (Wildman–Crippen MR) is 76.9 cm³/mol. The van der Waals surface area contributed by atoms with Gasteiger partial charge in [-0.05, 0) is 39.2 Å². The smallest absolute Gasteiger partial charge is 0.146 e. The molecule has 0 bridgehead atoms. The summed E-state index contributed by atoms with van der Waals surface area (Å²) in [7, 11) is 0. The zero-order valence-electron chi connectivity index (χ0n) is 11.9. The second kappa shape index (κ2) is 5.04. The summed E-state index contributed by atoms with van der Waals surface area (Å²) in [6, 6.07) is 6.38. The molecule has 3 rings (SSSR count). The van der Waals surface area contributed by atoms with Crippen molar-refractivity contribution in [1.29, 1.82) is 0 Å². The first-order valence-electron chi connectivity index (χ1n) is 7.30. The Labute approximate surface area is 115 Å². The number of para-hydroxylation sites is 1. The highest BCUT2D eigenvalue weighted by molar-refractivity contribution is 5.62. The third-order valence-corrected chi connectivity index (χ3v) is 3.90. The molecule has 1 N–H and O–H groups in total. The molecular formula is C16H23NO2. The Morgan fingerprint density at radius 3 is 3.05 bits per heavy atom. The maximum atomic E-state index is 6.05. The van der Waals surface area contributed by atoms with Crippen molar-refractivity contribution < 1.29 is 9.47 Å². The Morgan fingerprint density at radius 2 is 2.26 bits per heavy atom. The standard InChI is InChI=1S/C16H23NO2/c1-16(2)11-12-5-3-7-14(15(12)19-16)17-9-8-13-6-4-10-18-13/h3,5,7,13,17H,4,6,8-11H2,1-2H3/t13-/m1/s1. The minimum Gasteiger partial charge on any atom is -0.485 e. The topological polar surface area (TPSA) is 30.5 Å². The van der Waals surface area contributed by atoms with Gasteiger partial charge < -0.3 is 14.8 Å². The minimum absolute atomic E-state index is 0.0747. The molecule has 0 radical (unpaired) electrons. The molecule has 0 aromatic heterocycles. The van der Waals surface area contributed by atoms with Crippen LogP contribution in [0.15, 0.2) is 18.2 Å². The molecule has 0 spiro atoms. The SMILES string of the molecule is CC1(C)Cc2cccc(NCC[C@H]3CCCO3)c2O1. The molecule has 2 heterocycles. The Balaban J connectivity index is 1.61. The summed E-state index contributed by atoms with van der Waals surface area (Å²) >= 11 is 0. The van der Waals surface area contributed by atoms with Crippen LogP contribution in [0.25, 0.3) is 0 Å². The fourth-order valence-corrected chi connectivity index (χ4v) is 2.99. The van der Waals surface area contributed by atoms with E-state index in [9.17, 15) is 0 Å². The van der Waals surface area contributed by atoms with Gasteiger partial charge in [0, 0.05) is 25.1 Å².